The van der Waals surface area contributed by atoms with Crippen molar-refractivity contribution < 1.29 is 19.8 Å². The van der Waals surface area contributed by atoms with Gasteiger partial charge in [0.1, 0.15) is 18.3 Å². The zero-order valence-electron chi connectivity index (χ0n) is 13.4. The first-order chi connectivity index (χ1) is 12.5. The third-order valence-electron chi connectivity index (χ3n) is 3.81. The number of hydrogen-bond acceptors (Lipinski definition) is 5. The molecule has 3 N–H and O–H groups in total. The summed E-state index contributed by atoms with van der Waals surface area (Å²) < 4.78 is 0. The van der Waals surface area contributed by atoms with Crippen LogP contribution < -0.4 is 5.32 Å². The predicted octanol–water partition coefficient (Wildman–Crippen LogP) is 2.29. The van der Waals surface area contributed by atoms with Gasteiger partial charge in [0.25, 0.3) is 5.91 Å². The van der Waals surface area contributed by atoms with E-state index < -0.39 is 24.2 Å². The van der Waals surface area contributed by atoms with Gasteiger partial charge in [-0.1, -0.05) is 48.5 Å². The Balaban J connectivity index is 2.23. The van der Waals surface area contributed by atoms with Crippen LogP contribution in [0, 0.1) is 11.3 Å². The fourth-order valence-electron chi connectivity index (χ4n) is 2.69. The van der Waals surface area contributed by atoms with Crippen molar-refractivity contribution in [3.05, 3.63) is 59.9 Å². The Labute approximate surface area is 148 Å². The molecule has 0 saturated heterocycles. The van der Waals surface area contributed by atoms with Crippen LogP contribution in [-0.4, -0.2) is 33.6 Å². The number of fused-ring (bicyclic) bond motifs is 1. The first kappa shape index (κ1) is 16.9. The SMILES string of the molecule is N#Cc1nc(C(=O)NCC(=O)O)c(O)c2cccc(-c3ccccc3)c12. The summed E-state index contributed by atoms with van der Waals surface area (Å²) in [6.07, 6.45) is 0. The van der Waals surface area contributed by atoms with Gasteiger partial charge in [-0.15, -0.1) is 0 Å². The summed E-state index contributed by atoms with van der Waals surface area (Å²) >= 11 is 0. The number of pyridine rings is 1. The summed E-state index contributed by atoms with van der Waals surface area (Å²) in [4.78, 5) is 26.7. The van der Waals surface area contributed by atoms with E-state index in [4.69, 9.17) is 5.11 Å². The van der Waals surface area contributed by atoms with E-state index >= 15 is 0 Å². The van der Waals surface area contributed by atoms with E-state index in [-0.39, 0.29) is 11.4 Å². The summed E-state index contributed by atoms with van der Waals surface area (Å²) in [5.41, 5.74) is 1.11. The largest absolute Gasteiger partial charge is 0.505 e. The first-order valence-electron chi connectivity index (χ1n) is 7.64. The number of aromatic nitrogens is 1. The van der Waals surface area contributed by atoms with Crippen molar-refractivity contribution in [3.63, 3.8) is 0 Å². The molecule has 3 rings (SSSR count). The molecule has 3 aromatic rings. The van der Waals surface area contributed by atoms with Crippen molar-refractivity contribution in [3.8, 4) is 22.9 Å². The Bertz CT molecular complexity index is 1060. The van der Waals surface area contributed by atoms with E-state index in [9.17, 15) is 20.0 Å². The molecule has 0 fully saturated rings. The van der Waals surface area contributed by atoms with Gasteiger partial charge in [-0.3, -0.25) is 9.59 Å². The molecule has 2 aromatic carbocycles. The highest BCUT2D eigenvalue weighted by atomic mass is 16.4. The monoisotopic (exact) mass is 347 g/mol. The quantitative estimate of drug-likeness (QED) is 0.665. The standard InChI is InChI=1S/C19H13N3O4/c20-9-14-16-12(11-5-2-1-3-6-11)7-4-8-13(16)18(25)17(22-14)19(26)21-10-15(23)24/h1-8,25H,10H2,(H,21,26)(H,23,24). The second-order valence-corrected chi connectivity index (χ2v) is 5.44. The van der Waals surface area contributed by atoms with Crippen LogP contribution in [0.5, 0.6) is 5.75 Å². The second-order valence-electron chi connectivity index (χ2n) is 5.44. The van der Waals surface area contributed by atoms with Crippen LogP contribution in [0.25, 0.3) is 21.9 Å². The lowest BCUT2D eigenvalue weighted by molar-refractivity contribution is -0.135. The first-order valence-corrected chi connectivity index (χ1v) is 7.64. The van der Waals surface area contributed by atoms with Crippen molar-refractivity contribution in [1.82, 2.24) is 10.3 Å². The lowest BCUT2D eigenvalue weighted by atomic mass is 9.96. The number of rotatable bonds is 4. The van der Waals surface area contributed by atoms with Crippen LogP contribution >= 0.6 is 0 Å². The van der Waals surface area contributed by atoms with E-state index in [1.807, 2.05) is 36.4 Å². The molecule has 0 aliphatic heterocycles. The van der Waals surface area contributed by atoms with Crippen molar-refractivity contribution in [2.24, 2.45) is 0 Å². The molecule has 1 heterocycles. The number of aliphatic carboxylic acids is 1. The Morgan fingerprint density at radius 3 is 2.50 bits per heavy atom. The van der Waals surface area contributed by atoms with Crippen LogP contribution in [0.4, 0.5) is 0 Å². The number of amides is 1. The minimum atomic E-state index is -1.23. The number of nitrogens with one attached hydrogen (secondary N) is 1. The van der Waals surface area contributed by atoms with Crippen LogP contribution in [0.1, 0.15) is 16.2 Å². The molecule has 7 nitrogen and oxygen atoms in total. The summed E-state index contributed by atoms with van der Waals surface area (Å²) in [6, 6.07) is 16.3. The number of hydrogen-bond donors (Lipinski definition) is 3. The number of carboxylic acid groups (broad SMARTS) is 1. The van der Waals surface area contributed by atoms with Gasteiger partial charge in [0.2, 0.25) is 0 Å². The van der Waals surface area contributed by atoms with E-state index in [0.717, 1.165) is 5.56 Å². The fraction of sp³-hybridized carbons (Fsp3) is 0.0526. The maximum atomic E-state index is 12.1. The molecule has 1 amide bonds. The highest BCUT2D eigenvalue weighted by Crippen LogP contribution is 2.36. The minimum absolute atomic E-state index is 0.0299. The fourth-order valence-corrected chi connectivity index (χ4v) is 2.69. The molecule has 0 unspecified atom stereocenters. The molecule has 0 saturated carbocycles. The van der Waals surface area contributed by atoms with Gasteiger partial charge in [-0.25, -0.2) is 4.98 Å². The number of carboxylic acids is 1. The lowest BCUT2D eigenvalue weighted by Gasteiger charge is -2.12. The Hall–Kier alpha value is -3.92. The Morgan fingerprint density at radius 1 is 1.12 bits per heavy atom. The maximum absolute atomic E-state index is 12.1. The van der Waals surface area contributed by atoms with Gasteiger partial charge < -0.3 is 15.5 Å². The van der Waals surface area contributed by atoms with E-state index in [2.05, 4.69) is 10.3 Å². The number of nitriles is 1. The average Bonchev–Trinajstić information content (AvgIpc) is 2.67. The number of carbonyl (C=O) groups is 2. The van der Waals surface area contributed by atoms with Crippen molar-refractivity contribution >= 4 is 22.6 Å². The molecule has 0 aliphatic rings. The highest BCUT2D eigenvalue weighted by molar-refractivity contribution is 6.08. The number of benzene rings is 2. The predicted molar refractivity (Wildman–Crippen MR) is 93.5 cm³/mol. The molecule has 0 radical (unpaired) electrons. The highest BCUT2D eigenvalue weighted by Gasteiger charge is 2.21. The van der Waals surface area contributed by atoms with Gasteiger partial charge >= 0.3 is 5.97 Å². The molecule has 26 heavy (non-hydrogen) atoms. The summed E-state index contributed by atoms with van der Waals surface area (Å²) in [5, 5.41) is 31.5. The summed E-state index contributed by atoms with van der Waals surface area (Å²) in [6.45, 7) is -0.621. The zero-order valence-corrected chi connectivity index (χ0v) is 13.4. The molecule has 0 atom stereocenters. The molecule has 0 bridgehead atoms. The van der Waals surface area contributed by atoms with Gasteiger partial charge in [-0.2, -0.15) is 5.26 Å². The minimum Gasteiger partial charge on any atom is -0.505 e. The number of nitrogens with zero attached hydrogens (tertiary/aromatic N) is 2. The van der Waals surface area contributed by atoms with E-state index in [1.54, 1.807) is 18.2 Å². The molecule has 7 heteroatoms. The second kappa shape index (κ2) is 6.91. The molecule has 0 aliphatic carbocycles. The van der Waals surface area contributed by atoms with E-state index in [1.165, 1.54) is 0 Å². The summed E-state index contributed by atoms with van der Waals surface area (Å²) in [7, 11) is 0. The Kier molecular flexibility index (Phi) is 4.50. The molecule has 1 aromatic heterocycles. The van der Waals surface area contributed by atoms with Gasteiger partial charge in [-0.05, 0) is 11.1 Å². The molecular weight excluding hydrogens is 334 g/mol. The van der Waals surface area contributed by atoms with Crippen LogP contribution in [0.2, 0.25) is 0 Å². The third-order valence-corrected chi connectivity index (χ3v) is 3.81. The zero-order chi connectivity index (χ0) is 18.7. The lowest BCUT2D eigenvalue weighted by Crippen LogP contribution is -2.30. The van der Waals surface area contributed by atoms with E-state index in [0.29, 0.717) is 16.3 Å². The van der Waals surface area contributed by atoms with Gasteiger partial charge in [0.15, 0.2) is 11.4 Å². The smallest absolute Gasteiger partial charge is 0.322 e. The molecular formula is C19H13N3O4. The number of aromatic hydroxyl groups is 1. The van der Waals surface area contributed by atoms with Crippen molar-refractivity contribution in [1.29, 1.82) is 5.26 Å². The van der Waals surface area contributed by atoms with Crippen molar-refractivity contribution in [2.45, 2.75) is 0 Å². The topological polar surface area (TPSA) is 123 Å². The maximum Gasteiger partial charge on any atom is 0.322 e. The summed E-state index contributed by atoms with van der Waals surface area (Å²) in [5.74, 6) is -2.50. The van der Waals surface area contributed by atoms with Gasteiger partial charge in [0, 0.05) is 10.8 Å². The molecule has 128 valence electrons. The van der Waals surface area contributed by atoms with Gasteiger partial charge in [0.05, 0.1) is 0 Å². The third kappa shape index (κ3) is 3.03. The normalized spacial score (nSPS) is 10.3. The van der Waals surface area contributed by atoms with Crippen LogP contribution in [0.3, 0.4) is 0 Å². The van der Waals surface area contributed by atoms with Crippen LogP contribution in [0.15, 0.2) is 48.5 Å². The van der Waals surface area contributed by atoms with Crippen molar-refractivity contribution in [2.75, 3.05) is 6.54 Å². The number of carbonyl (C=O) groups excluding carboxylic acids is 1. The van der Waals surface area contributed by atoms with Crippen LogP contribution in [-0.2, 0) is 4.79 Å². The Morgan fingerprint density at radius 2 is 1.85 bits per heavy atom. The average molecular weight is 347 g/mol. The molecule has 0 spiro atoms.